The number of ether oxygens (including phenoxy) is 1. The first-order valence-electron chi connectivity index (χ1n) is 6.65. The van der Waals surface area contributed by atoms with Crippen LogP contribution in [0.25, 0.3) is 0 Å². The number of anilines is 1. The molecule has 0 bridgehead atoms. The highest BCUT2D eigenvalue weighted by atomic mass is 16.5. The fourth-order valence-corrected chi connectivity index (χ4v) is 1.57. The van der Waals surface area contributed by atoms with Crippen LogP contribution in [-0.4, -0.2) is 49.2 Å². The maximum atomic E-state index is 5.24. The second-order valence-corrected chi connectivity index (χ2v) is 5.95. The first-order valence-corrected chi connectivity index (χ1v) is 6.65. The lowest BCUT2D eigenvalue weighted by molar-refractivity contribution is 0.389. The van der Waals surface area contributed by atoms with E-state index in [1.807, 2.05) is 6.07 Å². The van der Waals surface area contributed by atoms with Crippen LogP contribution in [0.3, 0.4) is 0 Å². The van der Waals surface area contributed by atoms with Gasteiger partial charge < -0.3 is 15.0 Å². The third kappa shape index (κ3) is 5.42. The smallest absolute Gasteiger partial charge is 0.218 e. The van der Waals surface area contributed by atoms with Gasteiger partial charge in [-0.1, -0.05) is 20.8 Å². The summed E-state index contributed by atoms with van der Waals surface area (Å²) in [6.07, 6.45) is 1.07. The van der Waals surface area contributed by atoms with Crippen molar-refractivity contribution < 1.29 is 4.74 Å². The van der Waals surface area contributed by atoms with E-state index in [4.69, 9.17) is 4.74 Å². The van der Waals surface area contributed by atoms with Crippen molar-refractivity contribution in [1.29, 1.82) is 0 Å². The van der Waals surface area contributed by atoms with E-state index in [2.05, 4.69) is 55.1 Å². The van der Waals surface area contributed by atoms with Crippen molar-refractivity contribution in [1.82, 2.24) is 14.9 Å². The fourth-order valence-electron chi connectivity index (χ4n) is 1.57. The number of nitrogens with zero attached hydrogens (tertiary/aromatic N) is 3. The third-order valence-corrected chi connectivity index (χ3v) is 2.67. The molecule has 5 heteroatoms. The van der Waals surface area contributed by atoms with Gasteiger partial charge >= 0.3 is 0 Å². The van der Waals surface area contributed by atoms with Gasteiger partial charge in [0.2, 0.25) is 5.88 Å². The van der Waals surface area contributed by atoms with E-state index in [9.17, 15) is 0 Å². The zero-order chi connectivity index (χ0) is 14.5. The molecule has 0 spiro atoms. The minimum Gasteiger partial charge on any atom is -0.481 e. The summed E-state index contributed by atoms with van der Waals surface area (Å²) in [6.45, 7) is 8.23. The standard InChI is InChI=1S/C14H26N4O/c1-14(2,3)13-16-11(10-12(17-13)19-6)15-8-7-9-18(4)5/h10H,7-9H2,1-6H3,(H,15,16,17). The second-order valence-electron chi connectivity index (χ2n) is 5.95. The van der Waals surface area contributed by atoms with Crippen LogP contribution in [0.15, 0.2) is 6.07 Å². The van der Waals surface area contributed by atoms with Gasteiger partial charge in [-0.05, 0) is 27.1 Å². The van der Waals surface area contributed by atoms with Crippen LogP contribution in [0, 0.1) is 0 Å². The van der Waals surface area contributed by atoms with Crippen LogP contribution in [-0.2, 0) is 5.41 Å². The average Bonchev–Trinajstić information content (AvgIpc) is 2.33. The lowest BCUT2D eigenvalue weighted by Gasteiger charge is -2.18. The van der Waals surface area contributed by atoms with E-state index in [0.717, 1.165) is 31.2 Å². The Morgan fingerprint density at radius 2 is 1.95 bits per heavy atom. The molecule has 1 heterocycles. The quantitative estimate of drug-likeness (QED) is 0.800. The van der Waals surface area contributed by atoms with Crippen molar-refractivity contribution in [3.63, 3.8) is 0 Å². The molecule has 0 fully saturated rings. The molecule has 0 aliphatic carbocycles. The topological polar surface area (TPSA) is 50.3 Å². The molecule has 1 aromatic heterocycles. The molecule has 0 aliphatic rings. The largest absolute Gasteiger partial charge is 0.481 e. The molecule has 1 aromatic rings. The normalized spacial score (nSPS) is 11.7. The molecule has 0 radical (unpaired) electrons. The predicted molar refractivity (Wildman–Crippen MR) is 78.9 cm³/mol. The molecular weight excluding hydrogens is 240 g/mol. The molecule has 0 amide bonds. The monoisotopic (exact) mass is 266 g/mol. The lowest BCUT2D eigenvalue weighted by Crippen LogP contribution is -2.19. The first-order chi connectivity index (χ1) is 8.82. The molecule has 5 nitrogen and oxygen atoms in total. The summed E-state index contributed by atoms with van der Waals surface area (Å²) in [6, 6.07) is 1.84. The van der Waals surface area contributed by atoms with Crippen LogP contribution in [0.1, 0.15) is 33.0 Å². The number of rotatable bonds is 6. The van der Waals surface area contributed by atoms with E-state index in [1.54, 1.807) is 7.11 Å². The second kappa shape index (κ2) is 6.70. The Morgan fingerprint density at radius 3 is 2.47 bits per heavy atom. The minimum absolute atomic E-state index is 0.0887. The molecule has 0 saturated carbocycles. The zero-order valence-corrected chi connectivity index (χ0v) is 12.9. The summed E-state index contributed by atoms with van der Waals surface area (Å²) in [4.78, 5) is 11.1. The first kappa shape index (κ1) is 15.7. The fraction of sp³-hybridized carbons (Fsp3) is 0.714. The van der Waals surface area contributed by atoms with Crippen molar-refractivity contribution in [2.24, 2.45) is 0 Å². The van der Waals surface area contributed by atoms with Crippen LogP contribution < -0.4 is 10.1 Å². The van der Waals surface area contributed by atoms with Gasteiger partial charge in [-0.2, -0.15) is 4.98 Å². The summed E-state index contributed by atoms with van der Waals surface area (Å²) >= 11 is 0. The van der Waals surface area contributed by atoms with Crippen molar-refractivity contribution in [3.8, 4) is 5.88 Å². The molecule has 1 rings (SSSR count). The van der Waals surface area contributed by atoms with Crippen LogP contribution in [0.2, 0.25) is 0 Å². The van der Waals surface area contributed by atoms with Crippen LogP contribution in [0.5, 0.6) is 5.88 Å². The predicted octanol–water partition coefficient (Wildman–Crippen LogP) is 2.15. The van der Waals surface area contributed by atoms with Crippen molar-refractivity contribution in [2.45, 2.75) is 32.6 Å². The summed E-state index contributed by atoms with van der Waals surface area (Å²) in [5.74, 6) is 2.23. The lowest BCUT2D eigenvalue weighted by atomic mass is 9.96. The number of nitrogens with one attached hydrogen (secondary N) is 1. The van der Waals surface area contributed by atoms with Gasteiger partial charge in [0.1, 0.15) is 11.6 Å². The molecule has 1 N–H and O–H groups in total. The number of hydrogen-bond donors (Lipinski definition) is 1. The van der Waals surface area contributed by atoms with E-state index in [1.165, 1.54) is 0 Å². The molecule has 19 heavy (non-hydrogen) atoms. The van der Waals surface area contributed by atoms with Crippen molar-refractivity contribution in [2.75, 3.05) is 39.6 Å². The Bertz CT molecular complexity index is 399. The van der Waals surface area contributed by atoms with E-state index in [-0.39, 0.29) is 5.41 Å². The molecule has 0 unspecified atom stereocenters. The molecule has 0 saturated heterocycles. The molecule has 108 valence electrons. The van der Waals surface area contributed by atoms with Gasteiger partial charge in [-0.3, -0.25) is 0 Å². The summed E-state index contributed by atoms with van der Waals surface area (Å²) in [5.41, 5.74) is -0.0887. The van der Waals surface area contributed by atoms with Gasteiger partial charge in [-0.25, -0.2) is 4.98 Å². The maximum Gasteiger partial charge on any atom is 0.218 e. The van der Waals surface area contributed by atoms with Crippen molar-refractivity contribution >= 4 is 5.82 Å². The zero-order valence-electron chi connectivity index (χ0n) is 12.9. The summed E-state index contributed by atoms with van der Waals surface area (Å²) < 4.78 is 5.24. The highest BCUT2D eigenvalue weighted by molar-refractivity contribution is 5.39. The summed E-state index contributed by atoms with van der Waals surface area (Å²) in [7, 11) is 5.78. The van der Waals surface area contributed by atoms with Crippen LogP contribution >= 0.6 is 0 Å². The van der Waals surface area contributed by atoms with Crippen LogP contribution in [0.4, 0.5) is 5.82 Å². The van der Waals surface area contributed by atoms with Gasteiger partial charge in [0.05, 0.1) is 7.11 Å². The third-order valence-electron chi connectivity index (χ3n) is 2.67. The Kier molecular flexibility index (Phi) is 5.54. The molecule has 0 aromatic carbocycles. The molecule has 0 aliphatic heterocycles. The van der Waals surface area contributed by atoms with Gasteiger partial charge in [0.25, 0.3) is 0 Å². The Hall–Kier alpha value is -1.36. The molecule has 0 atom stereocenters. The number of aromatic nitrogens is 2. The van der Waals surface area contributed by atoms with E-state index < -0.39 is 0 Å². The summed E-state index contributed by atoms with van der Waals surface area (Å²) in [5, 5.41) is 3.33. The number of methoxy groups -OCH3 is 1. The van der Waals surface area contributed by atoms with Gasteiger partial charge in [0.15, 0.2) is 0 Å². The van der Waals surface area contributed by atoms with Gasteiger partial charge in [-0.15, -0.1) is 0 Å². The van der Waals surface area contributed by atoms with E-state index >= 15 is 0 Å². The Morgan fingerprint density at radius 1 is 1.26 bits per heavy atom. The number of hydrogen-bond acceptors (Lipinski definition) is 5. The highest BCUT2D eigenvalue weighted by Crippen LogP contribution is 2.22. The SMILES string of the molecule is COc1cc(NCCCN(C)C)nc(C(C)(C)C)n1. The minimum atomic E-state index is -0.0887. The Balaban J connectivity index is 2.72. The maximum absolute atomic E-state index is 5.24. The molecular formula is C14H26N4O. The highest BCUT2D eigenvalue weighted by Gasteiger charge is 2.19. The van der Waals surface area contributed by atoms with Gasteiger partial charge in [0, 0.05) is 18.0 Å². The van der Waals surface area contributed by atoms with E-state index in [0.29, 0.717) is 5.88 Å². The Labute approximate surface area is 116 Å². The average molecular weight is 266 g/mol. The van der Waals surface area contributed by atoms with Crippen molar-refractivity contribution in [3.05, 3.63) is 11.9 Å².